The van der Waals surface area contributed by atoms with Crippen molar-refractivity contribution in [2.75, 3.05) is 5.32 Å². The summed E-state index contributed by atoms with van der Waals surface area (Å²) in [4.78, 5) is 40.3. The lowest BCUT2D eigenvalue weighted by Gasteiger charge is -2.09. The zero-order chi connectivity index (χ0) is 21.1. The Morgan fingerprint density at radius 3 is 2.77 bits per heavy atom. The van der Waals surface area contributed by atoms with Crippen molar-refractivity contribution in [3.05, 3.63) is 77.5 Å². The van der Waals surface area contributed by atoms with E-state index in [0.717, 1.165) is 16.9 Å². The van der Waals surface area contributed by atoms with Crippen LogP contribution in [-0.4, -0.2) is 36.9 Å². The van der Waals surface area contributed by atoms with E-state index >= 15 is 0 Å². The average Bonchev–Trinajstić information content (AvgIpc) is 3.12. The molecule has 9 heteroatoms. The maximum absolute atomic E-state index is 12.6. The molecule has 150 valence electrons. The topological polar surface area (TPSA) is 133 Å². The number of aryl methyl sites for hydroxylation is 1. The van der Waals surface area contributed by atoms with Gasteiger partial charge in [0.05, 0.1) is 11.1 Å². The molecule has 3 aromatic heterocycles. The van der Waals surface area contributed by atoms with Gasteiger partial charge in [-0.2, -0.15) is 0 Å². The van der Waals surface area contributed by atoms with Crippen LogP contribution in [0, 0.1) is 6.92 Å². The number of nitrogens with one attached hydrogen (secondary N) is 3. The van der Waals surface area contributed by atoms with Gasteiger partial charge in [-0.05, 0) is 48.9 Å². The number of pyridine rings is 2. The summed E-state index contributed by atoms with van der Waals surface area (Å²) in [5, 5.41) is 15.2. The number of hydrogen-bond donors (Lipinski definition) is 4. The van der Waals surface area contributed by atoms with Crippen molar-refractivity contribution in [2.45, 2.75) is 13.5 Å². The summed E-state index contributed by atoms with van der Waals surface area (Å²) in [6.07, 6.45) is 2.93. The number of H-pyrrole nitrogens is 1. The molecule has 0 spiro atoms. The SMILES string of the molecule is Cc1nc2c(C(=O)NCc3ccnc(NC(=O)c4ncccc4O)c3)cccc2[nH]1. The number of anilines is 1. The van der Waals surface area contributed by atoms with Gasteiger partial charge in [0, 0.05) is 18.9 Å². The van der Waals surface area contributed by atoms with E-state index in [-0.39, 0.29) is 29.7 Å². The van der Waals surface area contributed by atoms with E-state index in [1.54, 1.807) is 24.3 Å². The van der Waals surface area contributed by atoms with Crippen LogP contribution < -0.4 is 10.6 Å². The molecule has 0 unspecified atom stereocenters. The number of aromatic amines is 1. The van der Waals surface area contributed by atoms with E-state index < -0.39 is 5.91 Å². The molecule has 4 rings (SSSR count). The predicted octanol–water partition coefficient (Wildman–Crippen LogP) is 2.55. The average molecular weight is 402 g/mol. The monoisotopic (exact) mass is 402 g/mol. The summed E-state index contributed by atoms with van der Waals surface area (Å²) in [7, 11) is 0. The van der Waals surface area contributed by atoms with Gasteiger partial charge in [-0.15, -0.1) is 0 Å². The van der Waals surface area contributed by atoms with Crippen LogP contribution in [0.3, 0.4) is 0 Å². The van der Waals surface area contributed by atoms with E-state index in [0.29, 0.717) is 11.1 Å². The summed E-state index contributed by atoms with van der Waals surface area (Å²) in [6, 6.07) is 11.6. The molecule has 0 atom stereocenters. The highest BCUT2D eigenvalue weighted by Crippen LogP contribution is 2.17. The third-order valence-corrected chi connectivity index (χ3v) is 4.40. The molecular formula is C21H18N6O3. The van der Waals surface area contributed by atoms with Crippen LogP contribution in [0.25, 0.3) is 11.0 Å². The summed E-state index contributed by atoms with van der Waals surface area (Å²) in [6.45, 7) is 2.07. The van der Waals surface area contributed by atoms with Crippen molar-refractivity contribution >= 4 is 28.7 Å². The van der Waals surface area contributed by atoms with Gasteiger partial charge < -0.3 is 20.7 Å². The summed E-state index contributed by atoms with van der Waals surface area (Å²) in [5.41, 5.74) is 2.53. The lowest BCUT2D eigenvalue weighted by atomic mass is 10.1. The van der Waals surface area contributed by atoms with Crippen LogP contribution in [-0.2, 0) is 6.54 Å². The molecule has 1 aromatic carbocycles. The highest BCUT2D eigenvalue weighted by molar-refractivity contribution is 6.05. The van der Waals surface area contributed by atoms with Gasteiger partial charge in [-0.25, -0.2) is 15.0 Å². The molecule has 0 fully saturated rings. The lowest BCUT2D eigenvalue weighted by molar-refractivity contribution is 0.0951. The molecule has 9 nitrogen and oxygen atoms in total. The molecule has 0 radical (unpaired) electrons. The normalized spacial score (nSPS) is 10.7. The number of carbonyl (C=O) groups is 2. The second kappa shape index (κ2) is 8.00. The Kier molecular flexibility index (Phi) is 5.08. The predicted molar refractivity (Wildman–Crippen MR) is 110 cm³/mol. The molecule has 0 aliphatic rings. The van der Waals surface area contributed by atoms with Gasteiger partial charge in [0.25, 0.3) is 11.8 Å². The number of aromatic nitrogens is 4. The van der Waals surface area contributed by atoms with E-state index in [2.05, 4.69) is 30.6 Å². The lowest BCUT2D eigenvalue weighted by Crippen LogP contribution is -2.23. The van der Waals surface area contributed by atoms with Crippen molar-refractivity contribution < 1.29 is 14.7 Å². The fourth-order valence-electron chi connectivity index (χ4n) is 3.02. The Bertz CT molecular complexity index is 1250. The first kappa shape index (κ1) is 19.1. The minimum Gasteiger partial charge on any atom is -0.505 e. The van der Waals surface area contributed by atoms with Crippen LogP contribution >= 0.6 is 0 Å². The van der Waals surface area contributed by atoms with Gasteiger partial charge in [-0.1, -0.05) is 6.07 Å². The number of imidazole rings is 1. The maximum Gasteiger partial charge on any atom is 0.279 e. The number of rotatable bonds is 5. The zero-order valence-corrected chi connectivity index (χ0v) is 16.0. The second-order valence-electron chi connectivity index (χ2n) is 6.58. The minimum absolute atomic E-state index is 0.0969. The van der Waals surface area contributed by atoms with E-state index in [1.807, 2.05) is 13.0 Å². The number of aromatic hydroxyl groups is 1. The van der Waals surface area contributed by atoms with Crippen LogP contribution in [0.5, 0.6) is 5.75 Å². The molecule has 0 saturated carbocycles. The maximum atomic E-state index is 12.6. The Morgan fingerprint density at radius 1 is 1.07 bits per heavy atom. The number of nitrogens with zero attached hydrogens (tertiary/aromatic N) is 3. The first-order chi connectivity index (χ1) is 14.5. The third kappa shape index (κ3) is 3.95. The van der Waals surface area contributed by atoms with E-state index in [9.17, 15) is 14.7 Å². The number of hydrogen-bond acceptors (Lipinski definition) is 6. The van der Waals surface area contributed by atoms with E-state index in [4.69, 9.17) is 0 Å². The first-order valence-corrected chi connectivity index (χ1v) is 9.15. The number of carbonyl (C=O) groups excluding carboxylic acids is 2. The quantitative estimate of drug-likeness (QED) is 0.405. The standard InChI is InChI=1S/C21H18N6O3/c1-12-25-15-5-2-4-14(18(15)26-12)20(29)24-11-13-7-9-22-17(10-13)27-21(30)19-16(28)6-3-8-23-19/h2-10,28H,11H2,1H3,(H,24,29)(H,25,26)(H,22,27,30). The van der Waals surface area contributed by atoms with Crippen molar-refractivity contribution in [3.63, 3.8) is 0 Å². The van der Waals surface area contributed by atoms with Crippen molar-refractivity contribution in [1.29, 1.82) is 0 Å². The molecule has 4 N–H and O–H groups in total. The summed E-state index contributed by atoms with van der Waals surface area (Å²) >= 11 is 0. The zero-order valence-electron chi connectivity index (χ0n) is 16.0. The summed E-state index contributed by atoms with van der Waals surface area (Å²) in [5.74, 6) is -0.0444. The van der Waals surface area contributed by atoms with Crippen molar-refractivity contribution in [3.8, 4) is 5.75 Å². The fourth-order valence-corrected chi connectivity index (χ4v) is 3.02. The Labute approximate surface area is 171 Å². The van der Waals surface area contributed by atoms with Crippen molar-refractivity contribution in [2.24, 2.45) is 0 Å². The minimum atomic E-state index is -0.581. The molecule has 0 aliphatic heterocycles. The van der Waals surface area contributed by atoms with E-state index in [1.165, 1.54) is 24.5 Å². The molecule has 0 bridgehead atoms. The molecule has 30 heavy (non-hydrogen) atoms. The van der Waals surface area contributed by atoms with Gasteiger partial charge in [-0.3, -0.25) is 9.59 Å². The number of fused-ring (bicyclic) bond motifs is 1. The molecule has 0 aliphatic carbocycles. The summed E-state index contributed by atoms with van der Waals surface area (Å²) < 4.78 is 0. The molecule has 3 heterocycles. The largest absolute Gasteiger partial charge is 0.505 e. The second-order valence-corrected chi connectivity index (χ2v) is 6.58. The molecule has 2 amide bonds. The number of para-hydroxylation sites is 1. The number of amides is 2. The fraction of sp³-hybridized carbons (Fsp3) is 0.0952. The highest BCUT2D eigenvalue weighted by atomic mass is 16.3. The third-order valence-electron chi connectivity index (χ3n) is 4.40. The van der Waals surface area contributed by atoms with Crippen molar-refractivity contribution in [1.82, 2.24) is 25.3 Å². The van der Waals surface area contributed by atoms with Gasteiger partial charge in [0.1, 0.15) is 22.9 Å². The molecule has 4 aromatic rings. The van der Waals surface area contributed by atoms with Crippen LogP contribution in [0.15, 0.2) is 54.9 Å². The molecular weight excluding hydrogens is 384 g/mol. The highest BCUT2D eigenvalue weighted by Gasteiger charge is 2.14. The molecule has 0 saturated heterocycles. The van der Waals surface area contributed by atoms with Gasteiger partial charge in [0.2, 0.25) is 0 Å². The smallest absolute Gasteiger partial charge is 0.279 e. The van der Waals surface area contributed by atoms with Gasteiger partial charge >= 0.3 is 0 Å². The Morgan fingerprint density at radius 2 is 1.93 bits per heavy atom. The Balaban J connectivity index is 1.45. The number of benzene rings is 1. The Hall–Kier alpha value is -4.27. The van der Waals surface area contributed by atoms with Gasteiger partial charge in [0.15, 0.2) is 5.69 Å². The van der Waals surface area contributed by atoms with Crippen LogP contribution in [0.1, 0.15) is 32.2 Å². The van der Waals surface area contributed by atoms with Crippen LogP contribution in [0.2, 0.25) is 0 Å². The first-order valence-electron chi connectivity index (χ1n) is 9.15. The van der Waals surface area contributed by atoms with Crippen LogP contribution in [0.4, 0.5) is 5.82 Å².